The Bertz CT molecular complexity index is 1050. The highest BCUT2D eigenvalue weighted by molar-refractivity contribution is 5.84. The van der Waals surface area contributed by atoms with Crippen LogP contribution < -0.4 is 0 Å². The van der Waals surface area contributed by atoms with Crippen LogP contribution in [0.1, 0.15) is 68.7 Å². The quantitative estimate of drug-likeness (QED) is 0.624. The predicted molar refractivity (Wildman–Crippen MR) is 125 cm³/mol. The third kappa shape index (κ3) is 4.59. The van der Waals surface area contributed by atoms with Gasteiger partial charge in [-0.25, -0.2) is 0 Å². The largest absolute Gasteiger partial charge is 0.416 e. The van der Waals surface area contributed by atoms with Crippen molar-refractivity contribution >= 4 is 5.91 Å². The van der Waals surface area contributed by atoms with Gasteiger partial charge in [0.25, 0.3) is 0 Å². The van der Waals surface area contributed by atoms with Gasteiger partial charge in [-0.3, -0.25) is 4.79 Å². The van der Waals surface area contributed by atoms with Gasteiger partial charge in [0, 0.05) is 32.2 Å². The maximum atomic E-state index is 14.0. The molecule has 2 fully saturated rings. The smallest absolute Gasteiger partial charge is 0.338 e. The van der Waals surface area contributed by atoms with Crippen LogP contribution in [-0.4, -0.2) is 56.4 Å². The van der Waals surface area contributed by atoms with E-state index in [2.05, 4.69) is 28.9 Å². The number of amides is 1. The fraction of sp³-hybridized carbons (Fsp3) is 0.654. The molecule has 2 aromatic rings. The molecule has 5 rings (SSSR count). The number of hydrogen-bond acceptors (Lipinski definition) is 4. The first-order valence-electron chi connectivity index (χ1n) is 12.8. The van der Waals surface area contributed by atoms with Crippen molar-refractivity contribution in [2.45, 2.75) is 77.2 Å². The molecule has 1 amide bonds. The van der Waals surface area contributed by atoms with Crippen LogP contribution in [0.2, 0.25) is 0 Å². The number of alkyl halides is 3. The summed E-state index contributed by atoms with van der Waals surface area (Å²) in [5.74, 6) is 0.294. The van der Waals surface area contributed by atoms with Gasteiger partial charge < -0.3 is 9.80 Å². The molecule has 1 aromatic carbocycles. The number of benzene rings is 1. The fourth-order valence-electron chi connectivity index (χ4n) is 6.44. The van der Waals surface area contributed by atoms with Crippen LogP contribution in [0.4, 0.5) is 13.2 Å². The van der Waals surface area contributed by atoms with Crippen molar-refractivity contribution < 1.29 is 18.0 Å². The lowest BCUT2D eigenvalue weighted by atomic mass is 9.73. The highest BCUT2D eigenvalue weighted by Gasteiger charge is 2.51. The Morgan fingerprint density at radius 1 is 1.03 bits per heavy atom. The van der Waals surface area contributed by atoms with Crippen LogP contribution in [-0.2, 0) is 23.9 Å². The summed E-state index contributed by atoms with van der Waals surface area (Å²) in [4.78, 5) is 20.1. The van der Waals surface area contributed by atoms with Gasteiger partial charge in [0.05, 0.1) is 29.4 Å². The lowest BCUT2D eigenvalue weighted by molar-refractivity contribution is -0.146. The molecule has 1 saturated heterocycles. The van der Waals surface area contributed by atoms with E-state index < -0.39 is 17.2 Å². The van der Waals surface area contributed by atoms with E-state index >= 15 is 0 Å². The second-order valence-electron chi connectivity index (χ2n) is 10.8. The predicted octanol–water partition coefficient (Wildman–Crippen LogP) is 4.71. The molecule has 1 aromatic heterocycles. The number of hydrogen-bond donors (Lipinski definition) is 0. The first-order chi connectivity index (χ1) is 16.7. The molecule has 0 radical (unpaired) electrons. The van der Waals surface area contributed by atoms with Crippen molar-refractivity contribution in [2.75, 3.05) is 19.6 Å². The summed E-state index contributed by atoms with van der Waals surface area (Å²) in [5, 5.41) is 8.59. The summed E-state index contributed by atoms with van der Waals surface area (Å²) < 4.78 is 39.8. The molecule has 35 heavy (non-hydrogen) atoms. The standard InChI is InChI=1S/C26H34F3N5O/c1-18(2)25(9-5-23(16-25)32-13-7-22(8-14-32)34-30-10-11-31-34)24(35)33-12-6-19-3-4-21(26(27,28)29)15-20(19)17-33/h3-4,10-11,15,18,22-23H,5-9,12-14,16-17H2,1-2H3/t23?,25-/m0/s1. The Morgan fingerprint density at radius 2 is 1.74 bits per heavy atom. The van der Waals surface area contributed by atoms with Gasteiger partial charge in [0.1, 0.15) is 0 Å². The monoisotopic (exact) mass is 489 g/mol. The molecule has 190 valence electrons. The minimum atomic E-state index is -4.37. The van der Waals surface area contributed by atoms with E-state index in [1.165, 1.54) is 6.07 Å². The van der Waals surface area contributed by atoms with E-state index in [4.69, 9.17) is 0 Å². The molecule has 2 atom stereocenters. The third-order valence-corrected chi connectivity index (χ3v) is 8.67. The number of nitrogens with zero attached hydrogens (tertiary/aromatic N) is 5. The van der Waals surface area contributed by atoms with Gasteiger partial charge in [0.2, 0.25) is 5.91 Å². The zero-order chi connectivity index (χ0) is 24.8. The summed E-state index contributed by atoms with van der Waals surface area (Å²) in [6, 6.07) is 4.65. The van der Waals surface area contributed by atoms with Gasteiger partial charge in [-0.1, -0.05) is 19.9 Å². The highest BCUT2D eigenvalue weighted by atomic mass is 19.4. The third-order valence-electron chi connectivity index (χ3n) is 8.67. The fourth-order valence-corrected chi connectivity index (χ4v) is 6.44. The summed E-state index contributed by atoms with van der Waals surface area (Å²) in [7, 11) is 0. The van der Waals surface area contributed by atoms with E-state index in [9.17, 15) is 18.0 Å². The number of carbonyl (C=O) groups is 1. The van der Waals surface area contributed by atoms with Gasteiger partial charge in [-0.05, 0) is 67.7 Å². The number of aromatic nitrogens is 3. The van der Waals surface area contributed by atoms with Crippen molar-refractivity contribution in [3.63, 3.8) is 0 Å². The summed E-state index contributed by atoms with van der Waals surface area (Å²) in [6.07, 6.45) is 4.30. The number of piperidine rings is 1. The van der Waals surface area contributed by atoms with Crippen molar-refractivity contribution in [1.29, 1.82) is 0 Å². The molecule has 1 aliphatic carbocycles. The Balaban J connectivity index is 1.27. The molecule has 1 saturated carbocycles. The molecular formula is C26H34F3N5O. The van der Waals surface area contributed by atoms with Crippen LogP contribution >= 0.6 is 0 Å². The van der Waals surface area contributed by atoms with Gasteiger partial charge in [0.15, 0.2) is 0 Å². The summed E-state index contributed by atoms with van der Waals surface area (Å²) in [6.45, 7) is 7.01. The highest BCUT2D eigenvalue weighted by Crippen LogP contribution is 2.48. The lowest BCUT2D eigenvalue weighted by Crippen LogP contribution is -2.49. The molecule has 1 unspecified atom stereocenters. The molecular weight excluding hydrogens is 455 g/mol. The van der Waals surface area contributed by atoms with Crippen molar-refractivity contribution in [2.24, 2.45) is 11.3 Å². The minimum absolute atomic E-state index is 0.119. The Morgan fingerprint density at radius 3 is 2.40 bits per heavy atom. The Labute approximate surface area is 204 Å². The van der Waals surface area contributed by atoms with Crippen LogP contribution in [0.15, 0.2) is 30.6 Å². The molecule has 0 bridgehead atoms. The minimum Gasteiger partial charge on any atom is -0.338 e. The van der Waals surface area contributed by atoms with E-state index in [1.807, 2.05) is 9.70 Å². The molecule has 0 N–H and O–H groups in total. The van der Waals surface area contributed by atoms with Gasteiger partial charge >= 0.3 is 6.18 Å². The molecule has 3 aliphatic rings. The SMILES string of the molecule is CC(C)[C@]1(C(=O)N2CCc3ccc(C(F)(F)F)cc3C2)CCC(N2CCC(n3nccn3)CC2)C1. The normalized spacial score (nSPS) is 26.3. The van der Waals surface area contributed by atoms with Crippen LogP contribution in [0.5, 0.6) is 0 Å². The van der Waals surface area contributed by atoms with Gasteiger partial charge in [-0.15, -0.1) is 0 Å². The van der Waals surface area contributed by atoms with Crippen LogP contribution in [0, 0.1) is 11.3 Å². The number of halogens is 3. The van der Waals surface area contributed by atoms with E-state index in [1.54, 1.807) is 18.5 Å². The molecule has 2 aliphatic heterocycles. The van der Waals surface area contributed by atoms with Crippen molar-refractivity contribution in [1.82, 2.24) is 24.8 Å². The first kappa shape index (κ1) is 24.3. The number of likely N-dealkylation sites (tertiary alicyclic amines) is 1. The summed E-state index contributed by atoms with van der Waals surface area (Å²) in [5.41, 5.74) is 0.449. The van der Waals surface area contributed by atoms with E-state index in [-0.39, 0.29) is 18.4 Å². The topological polar surface area (TPSA) is 54.3 Å². The average molecular weight is 490 g/mol. The van der Waals surface area contributed by atoms with E-state index in [0.29, 0.717) is 30.6 Å². The summed E-state index contributed by atoms with van der Waals surface area (Å²) >= 11 is 0. The van der Waals surface area contributed by atoms with E-state index in [0.717, 1.165) is 56.8 Å². The number of carbonyl (C=O) groups excluding carboxylic acids is 1. The van der Waals surface area contributed by atoms with Crippen molar-refractivity contribution in [3.8, 4) is 0 Å². The number of fused-ring (bicyclic) bond motifs is 1. The number of rotatable bonds is 4. The molecule has 6 nitrogen and oxygen atoms in total. The second-order valence-corrected chi connectivity index (χ2v) is 10.8. The Kier molecular flexibility index (Phi) is 6.40. The zero-order valence-electron chi connectivity index (χ0n) is 20.5. The maximum Gasteiger partial charge on any atom is 0.416 e. The van der Waals surface area contributed by atoms with Crippen molar-refractivity contribution in [3.05, 3.63) is 47.3 Å². The zero-order valence-corrected chi connectivity index (χ0v) is 20.5. The lowest BCUT2D eigenvalue weighted by Gasteiger charge is -2.41. The second kappa shape index (κ2) is 9.22. The molecule has 3 heterocycles. The average Bonchev–Trinajstić information content (AvgIpc) is 3.54. The van der Waals surface area contributed by atoms with Crippen LogP contribution in [0.3, 0.4) is 0 Å². The first-order valence-corrected chi connectivity index (χ1v) is 12.8. The molecule has 9 heteroatoms. The van der Waals surface area contributed by atoms with Gasteiger partial charge in [-0.2, -0.15) is 28.2 Å². The van der Waals surface area contributed by atoms with Crippen LogP contribution in [0.25, 0.3) is 0 Å². The molecule has 0 spiro atoms. The maximum absolute atomic E-state index is 14.0. The Hall–Kier alpha value is -2.42.